The molecule has 0 fully saturated rings. The second-order valence-electron chi connectivity index (χ2n) is 4.89. The van der Waals surface area contributed by atoms with Gasteiger partial charge in [0.1, 0.15) is 11.5 Å². The third-order valence-electron chi connectivity index (χ3n) is 3.21. The lowest BCUT2D eigenvalue weighted by molar-refractivity contribution is 0.102. The SMILES string of the molecule is CNc1nc(C(=O)Nc2ccnn2[C@@H](C)C(C)C)cs1. The number of thiazole rings is 1. The number of aromatic nitrogens is 3. The van der Waals surface area contributed by atoms with E-state index in [0.717, 1.165) is 5.13 Å². The van der Waals surface area contributed by atoms with Crippen LogP contribution in [0.3, 0.4) is 0 Å². The predicted molar refractivity (Wildman–Crippen MR) is 81.4 cm³/mol. The maximum atomic E-state index is 12.2. The van der Waals surface area contributed by atoms with Crippen LogP contribution in [0.1, 0.15) is 37.3 Å². The van der Waals surface area contributed by atoms with Gasteiger partial charge in [0.15, 0.2) is 5.13 Å². The fraction of sp³-hybridized carbons (Fsp3) is 0.462. The van der Waals surface area contributed by atoms with Crippen molar-refractivity contribution in [2.24, 2.45) is 5.92 Å². The summed E-state index contributed by atoms with van der Waals surface area (Å²) in [6.45, 7) is 6.32. The molecule has 2 aromatic rings. The summed E-state index contributed by atoms with van der Waals surface area (Å²) in [7, 11) is 1.78. The van der Waals surface area contributed by atoms with Crippen molar-refractivity contribution in [2.45, 2.75) is 26.8 Å². The Hall–Kier alpha value is -1.89. The summed E-state index contributed by atoms with van der Waals surface area (Å²) < 4.78 is 1.83. The molecule has 2 heterocycles. The predicted octanol–water partition coefficient (Wildman–Crippen LogP) is 2.85. The summed E-state index contributed by atoms with van der Waals surface area (Å²) in [5, 5.41) is 12.5. The Morgan fingerprint density at radius 1 is 1.40 bits per heavy atom. The van der Waals surface area contributed by atoms with Crippen molar-refractivity contribution in [1.82, 2.24) is 14.8 Å². The van der Waals surface area contributed by atoms with Crippen molar-refractivity contribution in [3.63, 3.8) is 0 Å². The average Bonchev–Trinajstić information content (AvgIpc) is 3.06. The van der Waals surface area contributed by atoms with Gasteiger partial charge in [-0.3, -0.25) is 4.79 Å². The van der Waals surface area contributed by atoms with E-state index in [4.69, 9.17) is 0 Å². The van der Waals surface area contributed by atoms with Crippen LogP contribution in [-0.4, -0.2) is 27.7 Å². The molecule has 0 aromatic carbocycles. The van der Waals surface area contributed by atoms with Gasteiger partial charge in [0.2, 0.25) is 0 Å². The van der Waals surface area contributed by atoms with Crippen molar-refractivity contribution in [2.75, 3.05) is 17.7 Å². The molecule has 2 N–H and O–H groups in total. The van der Waals surface area contributed by atoms with E-state index in [-0.39, 0.29) is 11.9 Å². The summed E-state index contributed by atoms with van der Waals surface area (Å²) >= 11 is 1.40. The van der Waals surface area contributed by atoms with Crippen LogP contribution in [-0.2, 0) is 0 Å². The van der Waals surface area contributed by atoms with Gasteiger partial charge in [0.25, 0.3) is 5.91 Å². The first-order valence-corrected chi connectivity index (χ1v) is 7.39. The molecule has 1 atom stereocenters. The lowest BCUT2D eigenvalue weighted by Crippen LogP contribution is -2.20. The second kappa shape index (κ2) is 6.04. The van der Waals surface area contributed by atoms with Gasteiger partial charge >= 0.3 is 0 Å². The number of rotatable bonds is 5. The summed E-state index contributed by atoms with van der Waals surface area (Å²) in [6.07, 6.45) is 1.69. The molecule has 20 heavy (non-hydrogen) atoms. The Balaban J connectivity index is 2.14. The van der Waals surface area contributed by atoms with Gasteiger partial charge in [-0.25, -0.2) is 9.67 Å². The van der Waals surface area contributed by atoms with Gasteiger partial charge in [-0.2, -0.15) is 5.10 Å². The molecule has 7 heteroatoms. The van der Waals surface area contributed by atoms with Crippen LogP contribution in [0.15, 0.2) is 17.6 Å². The number of anilines is 2. The van der Waals surface area contributed by atoms with Crippen LogP contribution in [0.2, 0.25) is 0 Å². The topological polar surface area (TPSA) is 71.8 Å². The van der Waals surface area contributed by atoms with Crippen LogP contribution in [0.5, 0.6) is 0 Å². The van der Waals surface area contributed by atoms with Crippen molar-refractivity contribution in [3.05, 3.63) is 23.3 Å². The monoisotopic (exact) mass is 293 g/mol. The van der Waals surface area contributed by atoms with Gasteiger partial charge in [0.05, 0.1) is 12.2 Å². The number of hydrogen-bond donors (Lipinski definition) is 2. The third-order valence-corrected chi connectivity index (χ3v) is 4.07. The molecule has 0 saturated heterocycles. The second-order valence-corrected chi connectivity index (χ2v) is 5.75. The third kappa shape index (κ3) is 2.98. The highest BCUT2D eigenvalue weighted by Crippen LogP contribution is 2.22. The minimum atomic E-state index is -0.222. The number of carbonyl (C=O) groups excluding carboxylic acids is 1. The molecular formula is C13H19N5OS. The zero-order valence-electron chi connectivity index (χ0n) is 12.0. The van der Waals surface area contributed by atoms with Crippen LogP contribution in [0.4, 0.5) is 10.9 Å². The largest absolute Gasteiger partial charge is 0.365 e. The maximum Gasteiger partial charge on any atom is 0.276 e. The van der Waals surface area contributed by atoms with Crippen molar-refractivity contribution >= 4 is 28.2 Å². The minimum absolute atomic E-state index is 0.212. The first kappa shape index (κ1) is 14.5. The highest BCUT2D eigenvalue weighted by molar-refractivity contribution is 7.13. The van der Waals surface area contributed by atoms with Crippen molar-refractivity contribution in [1.29, 1.82) is 0 Å². The van der Waals surface area contributed by atoms with E-state index in [2.05, 4.69) is 41.5 Å². The van der Waals surface area contributed by atoms with Crippen molar-refractivity contribution in [3.8, 4) is 0 Å². The molecule has 0 aliphatic carbocycles. The Kier molecular flexibility index (Phi) is 4.39. The Morgan fingerprint density at radius 3 is 2.75 bits per heavy atom. The quantitative estimate of drug-likeness (QED) is 0.889. The summed E-state index contributed by atoms with van der Waals surface area (Å²) in [5.41, 5.74) is 0.407. The molecule has 0 saturated carbocycles. The molecule has 6 nitrogen and oxygen atoms in total. The van der Waals surface area contributed by atoms with E-state index in [1.165, 1.54) is 11.3 Å². The fourth-order valence-electron chi connectivity index (χ4n) is 1.69. The smallest absolute Gasteiger partial charge is 0.276 e. The first-order chi connectivity index (χ1) is 9.52. The molecule has 0 radical (unpaired) electrons. The maximum absolute atomic E-state index is 12.2. The summed E-state index contributed by atoms with van der Waals surface area (Å²) in [4.78, 5) is 16.3. The summed E-state index contributed by atoms with van der Waals surface area (Å²) in [6, 6.07) is 2.01. The number of hydrogen-bond acceptors (Lipinski definition) is 5. The highest BCUT2D eigenvalue weighted by atomic mass is 32.1. The molecule has 0 aliphatic heterocycles. The molecule has 0 bridgehead atoms. The molecular weight excluding hydrogens is 274 g/mol. The molecule has 2 aromatic heterocycles. The molecule has 2 rings (SSSR count). The van der Waals surface area contributed by atoms with Crippen LogP contribution >= 0.6 is 11.3 Å². The number of carbonyl (C=O) groups is 1. The molecule has 0 spiro atoms. The van der Waals surface area contributed by atoms with E-state index in [9.17, 15) is 4.79 Å². The lowest BCUT2D eigenvalue weighted by atomic mass is 10.1. The zero-order valence-corrected chi connectivity index (χ0v) is 12.9. The van der Waals surface area contributed by atoms with Crippen LogP contribution < -0.4 is 10.6 Å². The molecule has 108 valence electrons. The van der Waals surface area contributed by atoms with Crippen molar-refractivity contribution < 1.29 is 4.79 Å². The normalized spacial score (nSPS) is 12.4. The average molecular weight is 293 g/mol. The fourth-order valence-corrected chi connectivity index (χ4v) is 2.35. The van der Waals surface area contributed by atoms with E-state index in [0.29, 0.717) is 17.4 Å². The van der Waals surface area contributed by atoms with Gasteiger partial charge < -0.3 is 10.6 Å². The molecule has 1 amide bonds. The van der Waals surface area contributed by atoms with E-state index < -0.39 is 0 Å². The number of nitrogens with one attached hydrogen (secondary N) is 2. The molecule has 0 aliphatic rings. The minimum Gasteiger partial charge on any atom is -0.365 e. The summed E-state index contributed by atoms with van der Waals surface area (Å²) in [5.74, 6) is 0.899. The Bertz CT molecular complexity index is 589. The van der Waals surface area contributed by atoms with Gasteiger partial charge in [-0.15, -0.1) is 11.3 Å². The zero-order chi connectivity index (χ0) is 14.7. The van der Waals surface area contributed by atoms with Crippen LogP contribution in [0, 0.1) is 5.92 Å². The van der Waals surface area contributed by atoms with Crippen LogP contribution in [0.25, 0.3) is 0 Å². The lowest BCUT2D eigenvalue weighted by Gasteiger charge is -2.19. The van der Waals surface area contributed by atoms with E-state index in [1.54, 1.807) is 24.7 Å². The van der Waals surface area contributed by atoms with E-state index in [1.807, 2.05) is 4.68 Å². The Morgan fingerprint density at radius 2 is 2.15 bits per heavy atom. The number of amides is 1. The number of nitrogens with zero attached hydrogens (tertiary/aromatic N) is 3. The first-order valence-electron chi connectivity index (χ1n) is 6.51. The van der Waals surface area contributed by atoms with Gasteiger partial charge in [-0.1, -0.05) is 13.8 Å². The molecule has 0 unspecified atom stereocenters. The Labute approximate surface area is 122 Å². The van der Waals surface area contributed by atoms with Gasteiger partial charge in [0, 0.05) is 18.5 Å². The standard InChI is InChI=1S/C13H19N5OS/c1-8(2)9(3)18-11(5-6-15-18)17-12(19)10-7-20-13(14-4)16-10/h5-9H,1-4H3,(H,14,16)(H,17,19)/t9-/m0/s1. The van der Waals surface area contributed by atoms with Gasteiger partial charge in [-0.05, 0) is 12.8 Å². The van der Waals surface area contributed by atoms with E-state index >= 15 is 0 Å². The highest BCUT2D eigenvalue weighted by Gasteiger charge is 2.17.